The van der Waals surface area contributed by atoms with Crippen LogP contribution < -0.4 is 5.32 Å². The maximum absolute atomic E-state index is 12.5. The Hall–Kier alpha value is -3.19. The Morgan fingerprint density at radius 2 is 1.57 bits per heavy atom. The highest BCUT2D eigenvalue weighted by molar-refractivity contribution is 6.45. The van der Waals surface area contributed by atoms with Crippen molar-refractivity contribution in [2.24, 2.45) is 0 Å². The van der Waals surface area contributed by atoms with E-state index in [2.05, 4.69) is 5.32 Å². The number of halogens is 1. The number of carbonyl (C=O) groups is 4. The molecule has 0 unspecified atom stereocenters. The van der Waals surface area contributed by atoms with Crippen LogP contribution in [0.5, 0.6) is 0 Å². The summed E-state index contributed by atoms with van der Waals surface area (Å²) in [6.45, 7) is 1.17. The number of benzene rings is 2. The van der Waals surface area contributed by atoms with Gasteiger partial charge >= 0.3 is 17.8 Å². The van der Waals surface area contributed by atoms with Gasteiger partial charge in [0.2, 0.25) is 5.91 Å². The Labute approximate surface area is 166 Å². The minimum Gasteiger partial charge on any atom is -0.348 e. The molecule has 0 radical (unpaired) electrons. The van der Waals surface area contributed by atoms with E-state index in [0.29, 0.717) is 21.0 Å². The molecule has 1 fully saturated rings. The molecule has 0 saturated carbocycles. The van der Waals surface area contributed by atoms with Crippen molar-refractivity contribution in [1.29, 1.82) is 0 Å². The van der Waals surface area contributed by atoms with E-state index in [1.807, 2.05) is 0 Å². The van der Waals surface area contributed by atoms with Crippen molar-refractivity contribution in [2.75, 3.05) is 6.54 Å². The van der Waals surface area contributed by atoms with Gasteiger partial charge in [0, 0.05) is 5.02 Å². The second kappa shape index (κ2) is 8.22. The normalized spacial score (nSPS) is 15.1. The summed E-state index contributed by atoms with van der Waals surface area (Å²) in [5.74, 6) is -2.52. The monoisotopic (exact) mass is 399 g/mol. The molecule has 0 spiro atoms. The standard InChI is InChI=1S/C20H18ClN3O4/c1-13(15-9-5-6-10-16(15)21)22-17(25)12-24-19(27)18(26)23(20(24)28)11-14-7-3-2-4-8-14/h2-10,13H,11-12H2,1H3,(H,22,25)/t13-/m0/s1. The molecule has 1 heterocycles. The number of imide groups is 2. The molecule has 144 valence electrons. The van der Waals surface area contributed by atoms with E-state index < -0.39 is 36.3 Å². The Kier molecular flexibility index (Phi) is 5.75. The molecule has 1 saturated heterocycles. The van der Waals surface area contributed by atoms with E-state index in [9.17, 15) is 19.2 Å². The molecule has 1 aliphatic rings. The predicted octanol–water partition coefficient (Wildman–Crippen LogP) is 2.51. The summed E-state index contributed by atoms with van der Waals surface area (Å²) in [5, 5.41) is 3.18. The summed E-state index contributed by atoms with van der Waals surface area (Å²) < 4.78 is 0. The Morgan fingerprint density at radius 1 is 0.964 bits per heavy atom. The average Bonchev–Trinajstić information content (AvgIpc) is 2.87. The van der Waals surface area contributed by atoms with E-state index in [4.69, 9.17) is 11.6 Å². The first-order valence-electron chi connectivity index (χ1n) is 8.63. The Bertz CT molecular complexity index is 932. The van der Waals surface area contributed by atoms with E-state index >= 15 is 0 Å². The van der Waals surface area contributed by atoms with Gasteiger partial charge in [-0.3, -0.25) is 19.3 Å². The van der Waals surface area contributed by atoms with E-state index in [-0.39, 0.29) is 6.54 Å². The number of hydrogen-bond acceptors (Lipinski definition) is 4. The smallest absolute Gasteiger partial charge is 0.335 e. The molecule has 5 amide bonds. The lowest BCUT2D eigenvalue weighted by molar-refractivity contribution is -0.144. The van der Waals surface area contributed by atoms with Crippen molar-refractivity contribution in [2.45, 2.75) is 19.5 Å². The maximum Gasteiger partial charge on any atom is 0.335 e. The molecule has 0 aliphatic carbocycles. The molecule has 2 aromatic rings. The summed E-state index contributed by atoms with van der Waals surface area (Å²) >= 11 is 6.11. The van der Waals surface area contributed by atoms with Gasteiger partial charge in [-0.2, -0.15) is 0 Å². The zero-order valence-electron chi connectivity index (χ0n) is 15.1. The van der Waals surface area contributed by atoms with E-state index in [0.717, 1.165) is 4.90 Å². The molecule has 1 aliphatic heterocycles. The summed E-state index contributed by atoms with van der Waals surface area (Å²) in [4.78, 5) is 50.6. The van der Waals surface area contributed by atoms with Gasteiger partial charge in [-0.05, 0) is 24.1 Å². The lowest BCUT2D eigenvalue weighted by atomic mass is 10.1. The third-order valence-electron chi connectivity index (χ3n) is 4.37. The number of nitrogens with zero attached hydrogens (tertiary/aromatic N) is 2. The first-order chi connectivity index (χ1) is 13.4. The SMILES string of the molecule is C[C@H](NC(=O)CN1C(=O)C(=O)N(Cc2ccccc2)C1=O)c1ccccc1Cl. The topological polar surface area (TPSA) is 86.8 Å². The summed E-state index contributed by atoms with van der Waals surface area (Å²) in [6.07, 6.45) is 0. The molecule has 1 N–H and O–H groups in total. The minimum atomic E-state index is -1.01. The number of urea groups is 1. The van der Waals surface area contributed by atoms with Gasteiger partial charge in [-0.1, -0.05) is 60.1 Å². The van der Waals surface area contributed by atoms with E-state index in [1.54, 1.807) is 61.5 Å². The second-order valence-corrected chi connectivity index (χ2v) is 6.77. The Morgan fingerprint density at radius 3 is 2.25 bits per heavy atom. The molecule has 28 heavy (non-hydrogen) atoms. The lowest BCUT2D eigenvalue weighted by Gasteiger charge is -2.18. The molecule has 8 heteroatoms. The largest absolute Gasteiger partial charge is 0.348 e. The number of amides is 5. The molecule has 1 atom stereocenters. The van der Waals surface area contributed by atoms with Crippen molar-refractivity contribution >= 4 is 35.4 Å². The van der Waals surface area contributed by atoms with Gasteiger partial charge in [0.05, 0.1) is 12.6 Å². The van der Waals surface area contributed by atoms with Crippen LogP contribution in [-0.4, -0.2) is 40.1 Å². The van der Waals surface area contributed by atoms with Gasteiger partial charge in [-0.25, -0.2) is 9.69 Å². The van der Waals surface area contributed by atoms with E-state index in [1.165, 1.54) is 0 Å². The van der Waals surface area contributed by atoms with Gasteiger partial charge in [0.25, 0.3) is 0 Å². The van der Waals surface area contributed by atoms with Crippen LogP contribution in [0.1, 0.15) is 24.1 Å². The van der Waals surface area contributed by atoms with Crippen LogP contribution in [0.15, 0.2) is 54.6 Å². The maximum atomic E-state index is 12.5. The molecule has 0 bridgehead atoms. The van der Waals surface area contributed by atoms with Crippen LogP contribution in [0, 0.1) is 0 Å². The van der Waals surface area contributed by atoms with Crippen LogP contribution in [-0.2, 0) is 20.9 Å². The third kappa shape index (κ3) is 4.04. The van der Waals surface area contributed by atoms with Gasteiger partial charge in [0.1, 0.15) is 6.54 Å². The molecular weight excluding hydrogens is 382 g/mol. The molecule has 3 rings (SSSR count). The van der Waals surface area contributed by atoms with Crippen LogP contribution >= 0.6 is 11.6 Å². The zero-order chi connectivity index (χ0) is 20.3. The van der Waals surface area contributed by atoms with Crippen LogP contribution in [0.2, 0.25) is 5.02 Å². The fourth-order valence-corrected chi connectivity index (χ4v) is 3.23. The predicted molar refractivity (Wildman–Crippen MR) is 102 cm³/mol. The fourth-order valence-electron chi connectivity index (χ4n) is 2.93. The van der Waals surface area contributed by atoms with Crippen molar-refractivity contribution in [3.63, 3.8) is 0 Å². The lowest BCUT2D eigenvalue weighted by Crippen LogP contribution is -2.42. The summed E-state index contributed by atoms with van der Waals surface area (Å²) in [6, 6.07) is 14.6. The molecular formula is C20H18ClN3O4. The minimum absolute atomic E-state index is 0.0294. The highest BCUT2D eigenvalue weighted by Crippen LogP contribution is 2.22. The summed E-state index contributed by atoms with van der Waals surface area (Å²) in [7, 11) is 0. The van der Waals surface area contributed by atoms with Crippen LogP contribution in [0.25, 0.3) is 0 Å². The van der Waals surface area contributed by atoms with Crippen LogP contribution in [0.3, 0.4) is 0 Å². The number of rotatable bonds is 6. The van der Waals surface area contributed by atoms with Crippen molar-refractivity contribution < 1.29 is 19.2 Å². The first-order valence-corrected chi connectivity index (χ1v) is 9.01. The highest BCUT2D eigenvalue weighted by atomic mass is 35.5. The number of hydrogen-bond donors (Lipinski definition) is 1. The summed E-state index contributed by atoms with van der Waals surface area (Å²) in [5.41, 5.74) is 1.41. The average molecular weight is 400 g/mol. The first kappa shape index (κ1) is 19.6. The van der Waals surface area contributed by atoms with Crippen LogP contribution in [0.4, 0.5) is 4.79 Å². The zero-order valence-corrected chi connectivity index (χ0v) is 15.8. The van der Waals surface area contributed by atoms with Crippen molar-refractivity contribution in [3.8, 4) is 0 Å². The highest BCUT2D eigenvalue weighted by Gasteiger charge is 2.45. The third-order valence-corrected chi connectivity index (χ3v) is 4.71. The van der Waals surface area contributed by atoms with Crippen molar-refractivity contribution in [1.82, 2.24) is 15.1 Å². The molecule has 2 aromatic carbocycles. The fraction of sp³-hybridized carbons (Fsp3) is 0.200. The second-order valence-electron chi connectivity index (χ2n) is 6.36. The van der Waals surface area contributed by atoms with Gasteiger partial charge in [-0.15, -0.1) is 0 Å². The molecule has 7 nitrogen and oxygen atoms in total. The van der Waals surface area contributed by atoms with Gasteiger partial charge in [0.15, 0.2) is 0 Å². The molecule has 0 aromatic heterocycles. The van der Waals surface area contributed by atoms with Gasteiger partial charge < -0.3 is 5.32 Å². The van der Waals surface area contributed by atoms with Crippen molar-refractivity contribution in [3.05, 3.63) is 70.7 Å². The quantitative estimate of drug-likeness (QED) is 0.597. The Balaban J connectivity index is 1.65. The number of carbonyl (C=O) groups excluding carboxylic acids is 4. The number of nitrogens with one attached hydrogen (secondary N) is 1.